The Bertz CT molecular complexity index is 782. The van der Waals surface area contributed by atoms with E-state index in [1.807, 2.05) is 44.2 Å². The number of carbonyl (C=O) groups is 1. The van der Waals surface area contributed by atoms with E-state index in [9.17, 15) is 4.79 Å². The van der Waals surface area contributed by atoms with E-state index in [-0.39, 0.29) is 5.91 Å². The molecule has 0 spiro atoms. The number of nitrogens with zero attached hydrogens (tertiary/aromatic N) is 2. The van der Waals surface area contributed by atoms with Crippen LogP contribution in [0.5, 0.6) is 0 Å². The number of thioether (sulfide) groups is 1. The second-order valence-corrected chi connectivity index (χ2v) is 6.09. The Balaban J connectivity index is 1.85. The summed E-state index contributed by atoms with van der Waals surface area (Å²) < 4.78 is 0. The molecule has 1 aromatic heterocycles. The van der Waals surface area contributed by atoms with Crippen LogP contribution >= 0.6 is 11.8 Å². The Morgan fingerprint density at radius 1 is 1.27 bits per heavy atom. The lowest BCUT2D eigenvalue weighted by molar-refractivity contribution is -0.115. The minimum Gasteiger partial charge on any atom is -0.300 e. The van der Waals surface area contributed by atoms with Gasteiger partial charge in [-0.15, -0.1) is 0 Å². The van der Waals surface area contributed by atoms with Crippen LogP contribution in [0.3, 0.4) is 0 Å². The molecule has 0 aliphatic carbocycles. The SMILES string of the molecule is Cc1ccc(N=C2NC(=O)C(=Cc3cccnc3)S2)c(C)c1. The second-order valence-electron chi connectivity index (χ2n) is 5.06. The van der Waals surface area contributed by atoms with E-state index < -0.39 is 0 Å². The van der Waals surface area contributed by atoms with Crippen molar-refractivity contribution in [3.05, 3.63) is 64.3 Å². The number of amidine groups is 1. The van der Waals surface area contributed by atoms with Crippen LogP contribution in [0.1, 0.15) is 16.7 Å². The molecule has 0 bridgehead atoms. The van der Waals surface area contributed by atoms with Crippen LogP contribution in [0.25, 0.3) is 6.08 Å². The van der Waals surface area contributed by atoms with Crippen LogP contribution in [0.2, 0.25) is 0 Å². The average molecular weight is 309 g/mol. The number of aliphatic imine (C=N–C) groups is 1. The van der Waals surface area contributed by atoms with Gasteiger partial charge in [0, 0.05) is 12.4 Å². The van der Waals surface area contributed by atoms with Crippen molar-refractivity contribution in [2.24, 2.45) is 4.99 Å². The van der Waals surface area contributed by atoms with Crippen molar-refractivity contribution in [3.63, 3.8) is 0 Å². The van der Waals surface area contributed by atoms with Crippen molar-refractivity contribution >= 4 is 34.6 Å². The van der Waals surface area contributed by atoms with E-state index in [1.165, 1.54) is 17.3 Å². The molecule has 1 aromatic carbocycles. The number of aryl methyl sites for hydroxylation is 2. The number of benzene rings is 1. The summed E-state index contributed by atoms with van der Waals surface area (Å²) in [5, 5.41) is 3.40. The predicted molar refractivity (Wildman–Crippen MR) is 91.0 cm³/mol. The normalized spacial score (nSPS) is 18.0. The Labute approximate surface area is 133 Å². The van der Waals surface area contributed by atoms with E-state index in [4.69, 9.17) is 0 Å². The highest BCUT2D eigenvalue weighted by Crippen LogP contribution is 2.29. The minimum atomic E-state index is -0.127. The van der Waals surface area contributed by atoms with Gasteiger partial charge in [-0.1, -0.05) is 23.8 Å². The monoisotopic (exact) mass is 309 g/mol. The first-order valence-corrected chi connectivity index (χ1v) is 7.70. The summed E-state index contributed by atoms with van der Waals surface area (Å²) in [4.78, 5) is 21.2. The van der Waals surface area contributed by atoms with Gasteiger partial charge in [0.15, 0.2) is 5.17 Å². The Kier molecular flexibility index (Phi) is 4.06. The third-order valence-corrected chi connectivity index (χ3v) is 4.12. The number of nitrogens with one attached hydrogen (secondary N) is 1. The van der Waals surface area contributed by atoms with E-state index in [0.717, 1.165) is 16.8 Å². The summed E-state index contributed by atoms with van der Waals surface area (Å²) in [5.41, 5.74) is 4.05. The molecule has 0 saturated carbocycles. The van der Waals surface area contributed by atoms with Crippen LogP contribution in [0.15, 0.2) is 52.6 Å². The quantitative estimate of drug-likeness (QED) is 0.863. The maximum absolute atomic E-state index is 12.0. The molecule has 1 amide bonds. The minimum absolute atomic E-state index is 0.127. The molecule has 1 fully saturated rings. The summed E-state index contributed by atoms with van der Waals surface area (Å²) in [5.74, 6) is -0.127. The first-order valence-electron chi connectivity index (χ1n) is 6.89. The Morgan fingerprint density at radius 2 is 2.14 bits per heavy atom. The second kappa shape index (κ2) is 6.15. The largest absolute Gasteiger partial charge is 0.300 e. The fourth-order valence-corrected chi connectivity index (χ4v) is 2.97. The average Bonchev–Trinajstić information content (AvgIpc) is 2.83. The molecule has 22 heavy (non-hydrogen) atoms. The Hall–Kier alpha value is -2.40. The lowest BCUT2D eigenvalue weighted by Crippen LogP contribution is -2.19. The van der Waals surface area contributed by atoms with Gasteiger partial charge in [0.25, 0.3) is 5.91 Å². The summed E-state index contributed by atoms with van der Waals surface area (Å²) in [7, 11) is 0. The van der Waals surface area contributed by atoms with Crippen LogP contribution in [0.4, 0.5) is 5.69 Å². The zero-order chi connectivity index (χ0) is 15.5. The van der Waals surface area contributed by atoms with Crippen LogP contribution in [-0.2, 0) is 4.79 Å². The highest BCUT2D eigenvalue weighted by atomic mass is 32.2. The first kappa shape index (κ1) is 14.5. The molecular formula is C17H15N3OS. The highest BCUT2D eigenvalue weighted by Gasteiger charge is 2.23. The molecule has 0 radical (unpaired) electrons. The van der Waals surface area contributed by atoms with Crippen LogP contribution in [0, 0.1) is 13.8 Å². The first-order chi connectivity index (χ1) is 10.6. The standard InChI is InChI=1S/C17H15N3OS/c1-11-5-6-14(12(2)8-11)19-17-20-16(21)15(22-17)9-13-4-3-7-18-10-13/h3-10H,1-2H3,(H,19,20,21). The van der Waals surface area contributed by atoms with Gasteiger partial charge in [-0.2, -0.15) is 0 Å². The number of carbonyl (C=O) groups excluding carboxylic acids is 1. The van der Waals surface area contributed by atoms with Gasteiger partial charge in [-0.05, 0) is 54.9 Å². The number of amides is 1. The van der Waals surface area contributed by atoms with E-state index >= 15 is 0 Å². The van der Waals surface area contributed by atoms with Crippen molar-refractivity contribution in [2.75, 3.05) is 0 Å². The molecule has 1 aliphatic heterocycles. The maximum atomic E-state index is 12.0. The van der Waals surface area contributed by atoms with Gasteiger partial charge < -0.3 is 5.32 Å². The van der Waals surface area contributed by atoms with Crippen molar-refractivity contribution in [1.82, 2.24) is 10.3 Å². The number of rotatable bonds is 2. The zero-order valence-electron chi connectivity index (χ0n) is 12.3. The molecule has 1 N–H and O–H groups in total. The number of aromatic nitrogens is 1. The highest BCUT2D eigenvalue weighted by molar-refractivity contribution is 8.18. The zero-order valence-corrected chi connectivity index (χ0v) is 13.1. The maximum Gasteiger partial charge on any atom is 0.264 e. The fourth-order valence-electron chi connectivity index (χ4n) is 2.13. The summed E-state index contributed by atoms with van der Waals surface area (Å²) >= 11 is 1.34. The van der Waals surface area contributed by atoms with Gasteiger partial charge in [0.05, 0.1) is 10.6 Å². The number of pyridine rings is 1. The molecule has 2 aromatic rings. The third kappa shape index (κ3) is 3.26. The molecule has 4 nitrogen and oxygen atoms in total. The van der Waals surface area contributed by atoms with Gasteiger partial charge in [0.2, 0.25) is 0 Å². The summed E-state index contributed by atoms with van der Waals surface area (Å²) in [6, 6.07) is 9.81. The van der Waals surface area contributed by atoms with Crippen molar-refractivity contribution in [1.29, 1.82) is 0 Å². The predicted octanol–water partition coefficient (Wildman–Crippen LogP) is 3.59. The van der Waals surface area contributed by atoms with E-state index in [0.29, 0.717) is 10.1 Å². The van der Waals surface area contributed by atoms with Gasteiger partial charge >= 0.3 is 0 Å². The van der Waals surface area contributed by atoms with E-state index in [2.05, 4.69) is 21.4 Å². The third-order valence-electron chi connectivity index (χ3n) is 3.21. The van der Waals surface area contributed by atoms with Crippen molar-refractivity contribution in [2.45, 2.75) is 13.8 Å². The smallest absolute Gasteiger partial charge is 0.264 e. The summed E-state index contributed by atoms with van der Waals surface area (Å²) in [6.07, 6.45) is 5.24. The number of hydrogen-bond donors (Lipinski definition) is 1. The molecule has 0 atom stereocenters. The lowest BCUT2D eigenvalue weighted by atomic mass is 10.1. The van der Waals surface area contributed by atoms with E-state index in [1.54, 1.807) is 12.4 Å². The van der Waals surface area contributed by atoms with Crippen molar-refractivity contribution in [3.8, 4) is 0 Å². The molecule has 2 heterocycles. The molecule has 1 aliphatic rings. The van der Waals surface area contributed by atoms with Crippen molar-refractivity contribution < 1.29 is 4.79 Å². The Morgan fingerprint density at radius 3 is 2.86 bits per heavy atom. The molecular weight excluding hydrogens is 294 g/mol. The van der Waals surface area contributed by atoms with Gasteiger partial charge in [0.1, 0.15) is 0 Å². The van der Waals surface area contributed by atoms with Crippen LogP contribution in [-0.4, -0.2) is 16.1 Å². The summed E-state index contributed by atoms with van der Waals surface area (Å²) in [6.45, 7) is 4.06. The lowest BCUT2D eigenvalue weighted by Gasteiger charge is -2.02. The molecule has 3 rings (SSSR count). The van der Waals surface area contributed by atoms with Gasteiger partial charge in [-0.3, -0.25) is 9.78 Å². The topological polar surface area (TPSA) is 54.4 Å². The molecule has 1 saturated heterocycles. The van der Waals surface area contributed by atoms with Crippen LogP contribution < -0.4 is 5.32 Å². The van der Waals surface area contributed by atoms with Gasteiger partial charge in [-0.25, -0.2) is 4.99 Å². The molecule has 5 heteroatoms. The molecule has 110 valence electrons. The molecule has 0 unspecified atom stereocenters. The number of hydrogen-bond acceptors (Lipinski definition) is 4. The fraction of sp³-hybridized carbons (Fsp3) is 0.118.